The Bertz CT molecular complexity index is 1400. The molecule has 0 spiro atoms. The van der Waals surface area contributed by atoms with Crippen LogP contribution in [0.3, 0.4) is 0 Å². The van der Waals surface area contributed by atoms with E-state index in [-0.39, 0.29) is 11.4 Å². The SMILES string of the molecule is CNC(=O)[C@@H](C)N(Cc1ccc(Cl)c(Cl)c1)C(=O)CN(c1cccc(Br)c1)S(=O)(=O)c1ccc(C)cc1. The fraction of sp³-hybridized carbons (Fsp3) is 0.231. The van der Waals surface area contributed by atoms with E-state index in [4.69, 9.17) is 23.2 Å². The zero-order chi connectivity index (χ0) is 27.3. The molecule has 0 aliphatic carbocycles. The number of anilines is 1. The number of hydrogen-bond donors (Lipinski definition) is 1. The van der Waals surface area contributed by atoms with Crippen molar-refractivity contribution >= 4 is 66.7 Å². The summed E-state index contributed by atoms with van der Waals surface area (Å²) >= 11 is 15.6. The van der Waals surface area contributed by atoms with Crippen LogP contribution < -0.4 is 9.62 Å². The van der Waals surface area contributed by atoms with Crippen LogP contribution in [-0.2, 0) is 26.2 Å². The van der Waals surface area contributed by atoms with Crippen molar-refractivity contribution in [2.75, 3.05) is 17.9 Å². The van der Waals surface area contributed by atoms with E-state index in [0.29, 0.717) is 25.8 Å². The molecule has 0 radical (unpaired) electrons. The van der Waals surface area contributed by atoms with Crippen molar-refractivity contribution in [2.24, 2.45) is 0 Å². The van der Waals surface area contributed by atoms with E-state index in [0.717, 1.165) is 9.87 Å². The first kappa shape index (κ1) is 29.0. The van der Waals surface area contributed by atoms with Crippen LogP contribution in [0.4, 0.5) is 5.69 Å². The smallest absolute Gasteiger partial charge is 0.264 e. The van der Waals surface area contributed by atoms with Crippen LogP contribution in [0.2, 0.25) is 10.0 Å². The summed E-state index contributed by atoms with van der Waals surface area (Å²) in [6.07, 6.45) is 0. The number of carbonyl (C=O) groups excluding carboxylic acids is 2. The van der Waals surface area contributed by atoms with Gasteiger partial charge in [-0.25, -0.2) is 8.42 Å². The first-order valence-corrected chi connectivity index (χ1v) is 14.2. The van der Waals surface area contributed by atoms with Gasteiger partial charge in [0.2, 0.25) is 11.8 Å². The van der Waals surface area contributed by atoms with Gasteiger partial charge in [0.1, 0.15) is 12.6 Å². The largest absolute Gasteiger partial charge is 0.357 e. The van der Waals surface area contributed by atoms with Gasteiger partial charge in [0, 0.05) is 18.1 Å². The number of carbonyl (C=O) groups is 2. The zero-order valence-electron chi connectivity index (χ0n) is 20.4. The minimum Gasteiger partial charge on any atom is -0.357 e. The number of likely N-dealkylation sites (N-methyl/N-ethyl adjacent to an activating group) is 1. The molecule has 11 heteroatoms. The van der Waals surface area contributed by atoms with Gasteiger partial charge in [-0.1, -0.05) is 69.0 Å². The van der Waals surface area contributed by atoms with Crippen molar-refractivity contribution in [3.05, 3.63) is 92.4 Å². The summed E-state index contributed by atoms with van der Waals surface area (Å²) in [6.45, 7) is 2.91. The van der Waals surface area contributed by atoms with Crippen molar-refractivity contribution in [1.82, 2.24) is 10.2 Å². The Labute approximate surface area is 235 Å². The van der Waals surface area contributed by atoms with Gasteiger partial charge in [-0.3, -0.25) is 13.9 Å². The Morgan fingerprint density at radius 1 is 1.00 bits per heavy atom. The van der Waals surface area contributed by atoms with Crippen molar-refractivity contribution in [1.29, 1.82) is 0 Å². The predicted molar refractivity (Wildman–Crippen MR) is 150 cm³/mol. The molecular formula is C26H26BrCl2N3O4S. The Balaban J connectivity index is 2.04. The summed E-state index contributed by atoms with van der Waals surface area (Å²) in [6, 6.07) is 17.1. The van der Waals surface area contributed by atoms with E-state index < -0.39 is 34.4 Å². The van der Waals surface area contributed by atoms with Crippen molar-refractivity contribution in [3.63, 3.8) is 0 Å². The monoisotopic (exact) mass is 625 g/mol. The molecule has 0 heterocycles. The molecule has 0 fully saturated rings. The third-order valence-electron chi connectivity index (χ3n) is 5.73. The molecule has 7 nitrogen and oxygen atoms in total. The van der Waals surface area contributed by atoms with Crippen LogP contribution in [0.15, 0.2) is 76.1 Å². The molecule has 3 aromatic carbocycles. The number of halogens is 3. The highest BCUT2D eigenvalue weighted by atomic mass is 79.9. The van der Waals surface area contributed by atoms with Crippen molar-refractivity contribution in [2.45, 2.75) is 31.3 Å². The molecule has 37 heavy (non-hydrogen) atoms. The summed E-state index contributed by atoms with van der Waals surface area (Å²) in [4.78, 5) is 27.6. The summed E-state index contributed by atoms with van der Waals surface area (Å²) < 4.78 is 29.2. The van der Waals surface area contributed by atoms with Crippen molar-refractivity contribution in [3.8, 4) is 0 Å². The Hall–Kier alpha value is -2.59. The van der Waals surface area contributed by atoms with Crippen LogP contribution in [0.25, 0.3) is 0 Å². The minimum atomic E-state index is -4.13. The second-order valence-electron chi connectivity index (χ2n) is 8.36. The molecule has 0 saturated carbocycles. The van der Waals surface area contributed by atoms with Gasteiger partial charge >= 0.3 is 0 Å². The zero-order valence-corrected chi connectivity index (χ0v) is 24.3. The van der Waals surface area contributed by atoms with Crippen LogP contribution in [-0.4, -0.2) is 44.8 Å². The number of hydrogen-bond acceptors (Lipinski definition) is 4. The highest BCUT2D eigenvalue weighted by Crippen LogP contribution is 2.28. The van der Waals surface area contributed by atoms with E-state index in [1.807, 2.05) is 6.92 Å². The normalized spacial score (nSPS) is 12.1. The van der Waals surface area contributed by atoms with Gasteiger partial charge in [0.15, 0.2) is 0 Å². The first-order valence-electron chi connectivity index (χ1n) is 11.2. The Morgan fingerprint density at radius 3 is 2.27 bits per heavy atom. The molecule has 0 aliphatic rings. The van der Waals surface area contributed by atoms with Gasteiger partial charge in [0.05, 0.1) is 20.6 Å². The van der Waals surface area contributed by atoms with E-state index in [1.165, 1.54) is 24.1 Å². The topological polar surface area (TPSA) is 86.8 Å². The van der Waals surface area contributed by atoms with Gasteiger partial charge < -0.3 is 10.2 Å². The lowest BCUT2D eigenvalue weighted by atomic mass is 10.1. The second-order valence-corrected chi connectivity index (χ2v) is 12.0. The third-order valence-corrected chi connectivity index (χ3v) is 8.76. The lowest BCUT2D eigenvalue weighted by molar-refractivity contribution is -0.139. The van der Waals surface area contributed by atoms with Gasteiger partial charge in [0.25, 0.3) is 10.0 Å². The fourth-order valence-corrected chi connectivity index (χ4v) is 5.74. The molecule has 3 aromatic rings. The van der Waals surface area contributed by atoms with E-state index in [2.05, 4.69) is 21.2 Å². The number of aryl methyl sites for hydroxylation is 1. The molecule has 0 bridgehead atoms. The maximum atomic E-state index is 13.7. The number of amides is 2. The van der Waals surface area contributed by atoms with Crippen molar-refractivity contribution < 1.29 is 18.0 Å². The van der Waals surface area contributed by atoms with Crippen LogP contribution in [0.1, 0.15) is 18.1 Å². The molecule has 0 saturated heterocycles. The molecule has 3 rings (SSSR count). The van der Waals surface area contributed by atoms with Crippen LogP contribution in [0.5, 0.6) is 0 Å². The van der Waals surface area contributed by atoms with Crippen LogP contribution >= 0.6 is 39.1 Å². The third kappa shape index (κ3) is 7.04. The maximum Gasteiger partial charge on any atom is 0.264 e. The summed E-state index contributed by atoms with van der Waals surface area (Å²) in [5.74, 6) is -0.971. The van der Waals surface area contributed by atoms with Crippen LogP contribution in [0, 0.1) is 6.92 Å². The number of benzene rings is 3. The number of rotatable bonds is 9. The summed E-state index contributed by atoms with van der Waals surface area (Å²) in [5, 5.41) is 3.20. The summed E-state index contributed by atoms with van der Waals surface area (Å²) in [7, 11) is -2.66. The van der Waals surface area contributed by atoms with E-state index in [9.17, 15) is 18.0 Å². The lowest BCUT2D eigenvalue weighted by Gasteiger charge is -2.32. The average Bonchev–Trinajstić information content (AvgIpc) is 2.87. The van der Waals surface area contributed by atoms with Gasteiger partial charge in [-0.05, 0) is 61.9 Å². The van der Waals surface area contributed by atoms with Gasteiger partial charge in [-0.15, -0.1) is 0 Å². The molecule has 0 aliphatic heterocycles. The minimum absolute atomic E-state index is 0.0151. The summed E-state index contributed by atoms with van der Waals surface area (Å²) in [5.41, 5.74) is 1.83. The highest BCUT2D eigenvalue weighted by molar-refractivity contribution is 9.10. The number of sulfonamides is 1. The maximum absolute atomic E-state index is 13.7. The standard InChI is InChI=1S/C26H26BrCl2N3O4S/c1-17-7-10-22(11-8-17)37(35,36)32(21-6-4-5-20(27)14-21)16-25(33)31(18(2)26(34)30-3)15-19-9-12-23(28)24(29)13-19/h4-14,18H,15-16H2,1-3H3,(H,30,34)/t18-/m1/s1. The average molecular weight is 627 g/mol. The quantitative estimate of drug-likeness (QED) is 0.344. The number of nitrogens with one attached hydrogen (secondary N) is 1. The molecule has 2 amide bonds. The van der Waals surface area contributed by atoms with E-state index in [1.54, 1.807) is 61.5 Å². The molecule has 1 N–H and O–H groups in total. The molecule has 0 unspecified atom stereocenters. The molecule has 1 atom stereocenters. The Morgan fingerprint density at radius 2 is 1.68 bits per heavy atom. The lowest BCUT2D eigenvalue weighted by Crippen LogP contribution is -2.50. The number of nitrogens with zero attached hydrogens (tertiary/aromatic N) is 2. The Kier molecular flexibility index (Phi) is 9.63. The first-order chi connectivity index (χ1) is 17.4. The van der Waals surface area contributed by atoms with E-state index >= 15 is 0 Å². The van der Waals surface area contributed by atoms with Gasteiger partial charge in [-0.2, -0.15) is 0 Å². The molecular weight excluding hydrogens is 601 g/mol. The predicted octanol–water partition coefficient (Wildman–Crippen LogP) is 5.42. The second kappa shape index (κ2) is 12.3. The fourth-order valence-electron chi connectivity index (χ4n) is 3.62. The highest BCUT2D eigenvalue weighted by Gasteiger charge is 2.32. The molecule has 0 aromatic heterocycles. The molecule has 196 valence electrons.